The molecule has 15 heavy (non-hydrogen) atoms. The number of hydrogen-bond acceptors (Lipinski definition) is 2. The quantitative estimate of drug-likeness (QED) is 0.812. The van der Waals surface area contributed by atoms with Crippen LogP contribution >= 0.6 is 0 Å². The number of nitrogens with one attached hydrogen (secondary N) is 1. The highest BCUT2D eigenvalue weighted by molar-refractivity contribution is 5.16. The van der Waals surface area contributed by atoms with Gasteiger partial charge >= 0.3 is 0 Å². The molecule has 82 valence electrons. The van der Waals surface area contributed by atoms with Crippen LogP contribution in [-0.4, -0.2) is 31.1 Å². The van der Waals surface area contributed by atoms with Crippen molar-refractivity contribution in [1.82, 2.24) is 10.2 Å². The predicted molar refractivity (Wildman–Crippen MR) is 59.1 cm³/mol. The number of nitrogens with zero attached hydrogens (tertiary/aromatic N) is 1. The van der Waals surface area contributed by atoms with Crippen molar-refractivity contribution >= 4 is 0 Å². The minimum absolute atomic E-state index is 0.155. The van der Waals surface area contributed by atoms with E-state index in [2.05, 4.69) is 17.3 Å². The van der Waals surface area contributed by atoms with Crippen molar-refractivity contribution in [2.24, 2.45) is 0 Å². The topological polar surface area (TPSA) is 15.3 Å². The summed E-state index contributed by atoms with van der Waals surface area (Å²) in [4.78, 5) is 2.31. The first-order valence-electron chi connectivity index (χ1n) is 5.40. The summed E-state index contributed by atoms with van der Waals surface area (Å²) in [6, 6.07) is 7.33. The van der Waals surface area contributed by atoms with Gasteiger partial charge in [-0.3, -0.25) is 0 Å². The van der Waals surface area contributed by atoms with Gasteiger partial charge in [-0.1, -0.05) is 12.1 Å². The van der Waals surface area contributed by atoms with E-state index in [0.29, 0.717) is 6.04 Å². The largest absolute Gasteiger partial charge is 0.309 e. The number of likely N-dealkylation sites (tertiary alicyclic amines) is 1. The average Bonchev–Trinajstić information content (AvgIpc) is 2.62. The zero-order valence-electron chi connectivity index (χ0n) is 9.04. The van der Waals surface area contributed by atoms with Gasteiger partial charge < -0.3 is 10.2 Å². The second kappa shape index (κ2) is 4.73. The lowest BCUT2D eigenvalue weighted by Gasteiger charge is -2.12. The van der Waals surface area contributed by atoms with E-state index in [1.54, 1.807) is 12.1 Å². The van der Waals surface area contributed by atoms with Crippen molar-refractivity contribution < 1.29 is 4.39 Å². The maximum atomic E-state index is 12.9. The van der Waals surface area contributed by atoms with E-state index in [1.165, 1.54) is 12.5 Å². The van der Waals surface area contributed by atoms with E-state index >= 15 is 0 Å². The van der Waals surface area contributed by atoms with Gasteiger partial charge in [-0.15, -0.1) is 0 Å². The molecule has 1 aliphatic rings. The smallest absolute Gasteiger partial charge is 0.123 e. The zero-order valence-corrected chi connectivity index (χ0v) is 9.04. The summed E-state index contributed by atoms with van der Waals surface area (Å²) in [5.74, 6) is -0.155. The second-order valence-corrected chi connectivity index (χ2v) is 4.26. The molecule has 2 rings (SSSR count). The lowest BCUT2D eigenvalue weighted by Crippen LogP contribution is -2.30. The molecule has 1 unspecified atom stereocenters. The summed E-state index contributed by atoms with van der Waals surface area (Å²) in [6.45, 7) is 3.01. The standard InChI is InChI=1S/C12H17FN2/c1-15-6-5-12(9-15)14-8-10-3-2-4-11(13)7-10/h2-4,7,12,14H,5-6,8-9H2,1H3. The summed E-state index contributed by atoms with van der Waals surface area (Å²) >= 11 is 0. The van der Waals surface area contributed by atoms with Crippen LogP contribution in [0.25, 0.3) is 0 Å². The number of hydrogen-bond donors (Lipinski definition) is 1. The van der Waals surface area contributed by atoms with Crippen molar-refractivity contribution in [2.75, 3.05) is 20.1 Å². The highest BCUT2D eigenvalue weighted by Gasteiger charge is 2.18. The Kier molecular flexibility index (Phi) is 3.34. The van der Waals surface area contributed by atoms with E-state index < -0.39 is 0 Å². The Labute approximate surface area is 90.1 Å². The molecule has 0 amide bonds. The first-order chi connectivity index (χ1) is 7.24. The first kappa shape index (κ1) is 10.6. The van der Waals surface area contributed by atoms with Gasteiger partial charge in [0.1, 0.15) is 5.82 Å². The Balaban J connectivity index is 1.83. The molecule has 1 saturated heterocycles. The Hall–Kier alpha value is -0.930. The molecule has 1 N–H and O–H groups in total. The number of halogens is 1. The molecule has 0 aromatic heterocycles. The molecular weight excluding hydrogens is 191 g/mol. The highest BCUT2D eigenvalue weighted by atomic mass is 19.1. The van der Waals surface area contributed by atoms with Gasteiger partial charge in [-0.25, -0.2) is 4.39 Å². The highest BCUT2D eigenvalue weighted by Crippen LogP contribution is 2.08. The summed E-state index contributed by atoms with van der Waals surface area (Å²) in [5.41, 5.74) is 1.02. The van der Waals surface area contributed by atoms with Gasteiger partial charge in [0.15, 0.2) is 0 Å². The van der Waals surface area contributed by atoms with Crippen LogP contribution in [0.2, 0.25) is 0 Å². The predicted octanol–water partition coefficient (Wildman–Crippen LogP) is 1.62. The summed E-state index contributed by atoms with van der Waals surface area (Å²) < 4.78 is 12.9. The summed E-state index contributed by atoms with van der Waals surface area (Å²) in [7, 11) is 2.13. The van der Waals surface area contributed by atoms with E-state index in [9.17, 15) is 4.39 Å². The molecule has 2 nitrogen and oxygen atoms in total. The molecule has 1 atom stereocenters. The van der Waals surface area contributed by atoms with Crippen LogP contribution in [0.15, 0.2) is 24.3 Å². The van der Waals surface area contributed by atoms with Gasteiger partial charge in [0.25, 0.3) is 0 Å². The number of likely N-dealkylation sites (N-methyl/N-ethyl adjacent to an activating group) is 1. The van der Waals surface area contributed by atoms with Crippen molar-refractivity contribution in [1.29, 1.82) is 0 Å². The van der Waals surface area contributed by atoms with Gasteiger partial charge in [0.05, 0.1) is 0 Å². The number of rotatable bonds is 3. The van der Waals surface area contributed by atoms with Gasteiger partial charge in [-0.05, 0) is 37.7 Å². The Bertz CT molecular complexity index is 327. The normalized spacial score (nSPS) is 22.1. The molecule has 0 spiro atoms. The Morgan fingerprint density at radius 1 is 1.53 bits per heavy atom. The van der Waals surface area contributed by atoms with Crippen LogP contribution in [0, 0.1) is 5.82 Å². The first-order valence-corrected chi connectivity index (χ1v) is 5.40. The third-order valence-corrected chi connectivity index (χ3v) is 2.88. The van der Waals surface area contributed by atoms with Gasteiger partial charge in [-0.2, -0.15) is 0 Å². The van der Waals surface area contributed by atoms with E-state index in [0.717, 1.165) is 25.2 Å². The Morgan fingerprint density at radius 3 is 3.07 bits per heavy atom. The SMILES string of the molecule is CN1CCC(NCc2cccc(F)c2)C1. The molecule has 0 saturated carbocycles. The van der Waals surface area contributed by atoms with Crippen LogP contribution in [-0.2, 0) is 6.54 Å². The van der Waals surface area contributed by atoms with E-state index in [-0.39, 0.29) is 5.82 Å². The monoisotopic (exact) mass is 208 g/mol. The Morgan fingerprint density at radius 2 is 2.40 bits per heavy atom. The van der Waals surface area contributed by atoms with E-state index in [1.807, 2.05) is 6.07 Å². The van der Waals surface area contributed by atoms with Crippen LogP contribution in [0.1, 0.15) is 12.0 Å². The van der Waals surface area contributed by atoms with Crippen molar-refractivity contribution in [3.63, 3.8) is 0 Å². The fourth-order valence-electron chi connectivity index (χ4n) is 2.01. The molecular formula is C12H17FN2. The van der Waals surface area contributed by atoms with Gasteiger partial charge in [0.2, 0.25) is 0 Å². The fraction of sp³-hybridized carbons (Fsp3) is 0.500. The molecule has 0 bridgehead atoms. The number of benzene rings is 1. The molecule has 1 fully saturated rings. The van der Waals surface area contributed by atoms with Crippen molar-refractivity contribution in [2.45, 2.75) is 19.0 Å². The van der Waals surface area contributed by atoms with Crippen LogP contribution < -0.4 is 5.32 Å². The molecule has 0 radical (unpaired) electrons. The molecule has 0 aliphatic carbocycles. The molecule has 1 aliphatic heterocycles. The maximum absolute atomic E-state index is 12.9. The third-order valence-electron chi connectivity index (χ3n) is 2.88. The lowest BCUT2D eigenvalue weighted by molar-refractivity contribution is 0.397. The third kappa shape index (κ3) is 3.01. The minimum atomic E-state index is -0.155. The fourth-order valence-corrected chi connectivity index (χ4v) is 2.01. The van der Waals surface area contributed by atoms with Crippen LogP contribution in [0.4, 0.5) is 4.39 Å². The maximum Gasteiger partial charge on any atom is 0.123 e. The van der Waals surface area contributed by atoms with Crippen LogP contribution in [0.5, 0.6) is 0 Å². The average molecular weight is 208 g/mol. The van der Waals surface area contributed by atoms with E-state index in [4.69, 9.17) is 0 Å². The van der Waals surface area contributed by atoms with Gasteiger partial charge in [0, 0.05) is 19.1 Å². The summed E-state index contributed by atoms with van der Waals surface area (Å²) in [6.07, 6.45) is 1.19. The second-order valence-electron chi connectivity index (χ2n) is 4.26. The molecule has 3 heteroatoms. The summed E-state index contributed by atoms with van der Waals surface area (Å²) in [5, 5.41) is 3.45. The minimum Gasteiger partial charge on any atom is -0.309 e. The van der Waals surface area contributed by atoms with Crippen LogP contribution in [0.3, 0.4) is 0 Å². The molecule has 1 aromatic rings. The molecule has 1 aromatic carbocycles. The van der Waals surface area contributed by atoms with Crippen molar-refractivity contribution in [3.05, 3.63) is 35.6 Å². The molecule has 1 heterocycles. The lowest BCUT2D eigenvalue weighted by atomic mass is 10.2. The zero-order chi connectivity index (χ0) is 10.7. The van der Waals surface area contributed by atoms with Crippen molar-refractivity contribution in [3.8, 4) is 0 Å².